The summed E-state index contributed by atoms with van der Waals surface area (Å²) in [6.07, 6.45) is 8.20. The molecule has 0 spiro atoms. The minimum atomic E-state index is 0.0305. The third kappa shape index (κ3) is 2.10. The molecule has 2 saturated carbocycles. The summed E-state index contributed by atoms with van der Waals surface area (Å²) in [5.74, 6) is 1.03. The van der Waals surface area contributed by atoms with E-state index in [9.17, 15) is 4.79 Å². The summed E-state index contributed by atoms with van der Waals surface area (Å²) in [7, 11) is 0. The van der Waals surface area contributed by atoms with Crippen LogP contribution in [-0.4, -0.2) is 29.6 Å². The molecule has 0 aromatic heterocycles. The summed E-state index contributed by atoms with van der Waals surface area (Å²) in [6.45, 7) is 5.30. The molecule has 3 rings (SSSR count). The lowest BCUT2D eigenvalue weighted by molar-refractivity contribution is -0.131. The largest absolute Gasteiger partial charge is 0.325 e. The van der Waals surface area contributed by atoms with Crippen molar-refractivity contribution in [2.24, 2.45) is 11.3 Å². The summed E-state index contributed by atoms with van der Waals surface area (Å²) in [4.78, 5) is 14.4. The summed E-state index contributed by atoms with van der Waals surface area (Å²) in [5.41, 5.74) is 0.429. The molecule has 2 aliphatic carbocycles. The predicted molar refractivity (Wildman–Crippen MR) is 67.4 cm³/mol. The second kappa shape index (κ2) is 3.98. The molecule has 0 radical (unpaired) electrons. The zero-order valence-electron chi connectivity index (χ0n) is 11.0. The van der Waals surface area contributed by atoms with E-state index in [1.165, 1.54) is 38.5 Å². The lowest BCUT2D eigenvalue weighted by Gasteiger charge is -2.31. The maximum absolute atomic E-state index is 12.2. The van der Waals surface area contributed by atoms with Crippen LogP contribution in [0.4, 0.5) is 0 Å². The third-order valence-electron chi connectivity index (χ3n) is 4.91. The molecule has 17 heavy (non-hydrogen) atoms. The molecular formula is C14H24N2O. The maximum Gasteiger partial charge on any atom is 0.240 e. The molecular weight excluding hydrogens is 212 g/mol. The first kappa shape index (κ1) is 11.5. The van der Waals surface area contributed by atoms with Crippen molar-refractivity contribution in [3.8, 4) is 0 Å². The van der Waals surface area contributed by atoms with Crippen molar-refractivity contribution < 1.29 is 4.79 Å². The Bertz CT molecular complexity index is 318. The molecule has 3 heteroatoms. The van der Waals surface area contributed by atoms with Gasteiger partial charge in [0.05, 0.1) is 12.2 Å². The van der Waals surface area contributed by atoms with Gasteiger partial charge in [-0.1, -0.05) is 19.8 Å². The van der Waals surface area contributed by atoms with Gasteiger partial charge in [0.1, 0.15) is 0 Å². The molecule has 1 N–H and O–H groups in total. The number of hydrogen-bond donors (Lipinski definition) is 1. The molecule has 2 atom stereocenters. The van der Waals surface area contributed by atoms with E-state index in [2.05, 4.69) is 17.1 Å². The van der Waals surface area contributed by atoms with Crippen molar-refractivity contribution >= 4 is 5.91 Å². The second-order valence-electron chi connectivity index (χ2n) is 6.65. The number of nitrogens with zero attached hydrogens (tertiary/aromatic N) is 1. The van der Waals surface area contributed by atoms with Crippen LogP contribution in [0, 0.1) is 11.3 Å². The summed E-state index contributed by atoms with van der Waals surface area (Å²) in [6, 6.07) is 0.0305. The average molecular weight is 236 g/mol. The molecule has 1 heterocycles. The zero-order valence-corrected chi connectivity index (χ0v) is 11.0. The molecule has 0 aromatic carbocycles. The lowest BCUT2D eigenvalue weighted by atomic mass is 10.0. The molecule has 1 saturated heterocycles. The number of carbonyl (C=O) groups is 1. The Kier molecular flexibility index (Phi) is 2.69. The highest BCUT2D eigenvalue weighted by atomic mass is 16.2. The highest BCUT2D eigenvalue weighted by Crippen LogP contribution is 2.47. The Morgan fingerprint density at radius 3 is 2.59 bits per heavy atom. The minimum absolute atomic E-state index is 0.0305. The van der Waals surface area contributed by atoms with Crippen molar-refractivity contribution in [2.45, 2.75) is 64.6 Å². The fraction of sp³-hybridized carbons (Fsp3) is 0.929. The maximum atomic E-state index is 12.2. The van der Waals surface area contributed by atoms with Crippen LogP contribution in [0.15, 0.2) is 0 Å². The molecule has 2 unspecified atom stereocenters. The zero-order chi connectivity index (χ0) is 12.0. The normalized spacial score (nSPS) is 36.8. The summed E-state index contributed by atoms with van der Waals surface area (Å²) >= 11 is 0. The number of carbonyl (C=O) groups excluding carboxylic acids is 1. The first-order chi connectivity index (χ1) is 8.09. The van der Waals surface area contributed by atoms with Gasteiger partial charge in [-0.05, 0) is 43.9 Å². The van der Waals surface area contributed by atoms with Gasteiger partial charge in [0, 0.05) is 6.54 Å². The van der Waals surface area contributed by atoms with Gasteiger partial charge in [-0.3, -0.25) is 10.1 Å². The van der Waals surface area contributed by atoms with Crippen molar-refractivity contribution in [3.63, 3.8) is 0 Å². The molecule has 96 valence electrons. The molecule has 0 aromatic rings. The standard InChI is InChI=1S/C14H24N2O/c1-10-13(17)16(9-14(2)7-8-14)12(15-10)11-5-3-4-6-11/h10-12,15H,3-9H2,1-2H3. The van der Waals surface area contributed by atoms with Crippen LogP contribution in [0.2, 0.25) is 0 Å². The Morgan fingerprint density at radius 2 is 2.00 bits per heavy atom. The van der Waals surface area contributed by atoms with Gasteiger partial charge in [-0.15, -0.1) is 0 Å². The molecule has 3 fully saturated rings. The third-order valence-corrected chi connectivity index (χ3v) is 4.91. The summed E-state index contributed by atoms with van der Waals surface area (Å²) in [5, 5.41) is 3.52. The van der Waals surface area contributed by atoms with Gasteiger partial charge in [-0.2, -0.15) is 0 Å². The Labute approximate surface area is 104 Å². The second-order valence-corrected chi connectivity index (χ2v) is 6.65. The van der Waals surface area contributed by atoms with Gasteiger partial charge in [-0.25, -0.2) is 0 Å². The topological polar surface area (TPSA) is 32.3 Å². The van der Waals surface area contributed by atoms with E-state index >= 15 is 0 Å². The van der Waals surface area contributed by atoms with E-state index in [4.69, 9.17) is 0 Å². The van der Waals surface area contributed by atoms with Crippen LogP contribution in [-0.2, 0) is 4.79 Å². The first-order valence-electron chi connectivity index (χ1n) is 7.16. The Balaban J connectivity index is 1.73. The van der Waals surface area contributed by atoms with Crippen LogP contribution in [0.3, 0.4) is 0 Å². The lowest BCUT2D eigenvalue weighted by Crippen LogP contribution is -2.44. The van der Waals surface area contributed by atoms with Gasteiger partial charge in [0.25, 0.3) is 0 Å². The fourth-order valence-electron chi connectivity index (χ4n) is 3.43. The molecule has 0 bridgehead atoms. The minimum Gasteiger partial charge on any atom is -0.325 e. The van der Waals surface area contributed by atoms with E-state index < -0.39 is 0 Å². The van der Waals surface area contributed by atoms with Gasteiger partial charge < -0.3 is 4.90 Å². The molecule has 1 aliphatic heterocycles. The SMILES string of the molecule is CC1NC(C2CCCC2)N(CC2(C)CC2)C1=O. The van der Waals surface area contributed by atoms with Gasteiger partial charge in [0.15, 0.2) is 0 Å². The average Bonchev–Trinajstić information content (AvgIpc) is 2.76. The number of amides is 1. The van der Waals surface area contributed by atoms with Crippen LogP contribution in [0.5, 0.6) is 0 Å². The van der Waals surface area contributed by atoms with E-state index in [1.807, 2.05) is 6.92 Å². The highest BCUT2D eigenvalue weighted by Gasteiger charge is 2.47. The van der Waals surface area contributed by atoms with Crippen molar-refractivity contribution in [2.75, 3.05) is 6.54 Å². The number of rotatable bonds is 3. The molecule has 1 amide bonds. The van der Waals surface area contributed by atoms with Crippen molar-refractivity contribution in [1.29, 1.82) is 0 Å². The quantitative estimate of drug-likeness (QED) is 0.814. The predicted octanol–water partition coefficient (Wildman–Crippen LogP) is 2.12. The number of hydrogen-bond acceptors (Lipinski definition) is 2. The first-order valence-corrected chi connectivity index (χ1v) is 7.16. The molecule has 3 nitrogen and oxygen atoms in total. The summed E-state index contributed by atoms with van der Waals surface area (Å²) < 4.78 is 0. The van der Waals surface area contributed by atoms with E-state index in [-0.39, 0.29) is 6.04 Å². The van der Waals surface area contributed by atoms with Crippen LogP contribution in [0.1, 0.15) is 52.4 Å². The van der Waals surface area contributed by atoms with Crippen molar-refractivity contribution in [3.05, 3.63) is 0 Å². The highest BCUT2D eigenvalue weighted by molar-refractivity contribution is 5.84. The number of nitrogens with one attached hydrogen (secondary N) is 1. The monoisotopic (exact) mass is 236 g/mol. The molecule has 3 aliphatic rings. The van der Waals surface area contributed by atoms with Gasteiger partial charge in [0.2, 0.25) is 5.91 Å². The van der Waals surface area contributed by atoms with Crippen LogP contribution >= 0.6 is 0 Å². The smallest absolute Gasteiger partial charge is 0.240 e. The van der Waals surface area contributed by atoms with E-state index in [0.29, 0.717) is 23.4 Å². The Morgan fingerprint density at radius 1 is 1.35 bits per heavy atom. The van der Waals surface area contributed by atoms with E-state index in [1.54, 1.807) is 0 Å². The van der Waals surface area contributed by atoms with Crippen LogP contribution < -0.4 is 5.32 Å². The van der Waals surface area contributed by atoms with Crippen molar-refractivity contribution in [1.82, 2.24) is 10.2 Å². The Hall–Kier alpha value is -0.570. The van der Waals surface area contributed by atoms with E-state index in [0.717, 1.165) is 6.54 Å². The van der Waals surface area contributed by atoms with Crippen LogP contribution in [0.25, 0.3) is 0 Å². The fourth-order valence-corrected chi connectivity index (χ4v) is 3.43. The van der Waals surface area contributed by atoms with Gasteiger partial charge >= 0.3 is 0 Å².